The molecule has 0 spiro atoms. The molecule has 1 aliphatic rings. The number of nitrogen functional groups attached to an aromatic ring is 1. The van der Waals surface area contributed by atoms with E-state index in [0.29, 0.717) is 22.8 Å². The van der Waals surface area contributed by atoms with Crippen LogP contribution in [0, 0.1) is 0 Å². The molecule has 19 heavy (non-hydrogen) atoms. The summed E-state index contributed by atoms with van der Waals surface area (Å²) in [5.41, 5.74) is 6.91. The summed E-state index contributed by atoms with van der Waals surface area (Å²) < 4.78 is 0. The van der Waals surface area contributed by atoms with Gasteiger partial charge in [0.05, 0.1) is 11.4 Å². The van der Waals surface area contributed by atoms with Crippen LogP contribution in [0.2, 0.25) is 5.02 Å². The molecule has 0 atom stereocenters. The van der Waals surface area contributed by atoms with Crippen molar-refractivity contribution in [1.29, 1.82) is 0 Å². The maximum absolute atomic E-state index is 11.9. The average molecular weight is 300 g/mol. The molecule has 104 valence electrons. The van der Waals surface area contributed by atoms with Crippen molar-refractivity contribution in [3.05, 3.63) is 23.2 Å². The Morgan fingerprint density at radius 3 is 2.89 bits per heavy atom. The molecule has 0 radical (unpaired) electrons. The zero-order chi connectivity index (χ0) is 13.7. The van der Waals surface area contributed by atoms with Crippen LogP contribution in [-0.2, 0) is 4.79 Å². The minimum Gasteiger partial charge on any atom is -0.397 e. The first-order valence-electron chi connectivity index (χ1n) is 6.30. The zero-order valence-corrected chi connectivity index (χ0v) is 12.3. The fraction of sp³-hybridized carbons (Fsp3) is 0.462. The molecule has 1 heterocycles. The summed E-state index contributed by atoms with van der Waals surface area (Å²) in [6.45, 7) is 2.93. The Balaban J connectivity index is 1.81. The number of carbonyl (C=O) groups excluding carboxylic acids is 1. The summed E-state index contributed by atoms with van der Waals surface area (Å²) in [5.74, 6) is 2.29. The Hall–Kier alpha value is -0.910. The lowest BCUT2D eigenvalue weighted by atomic mass is 10.2. The molecule has 1 aromatic rings. The highest BCUT2D eigenvalue weighted by Crippen LogP contribution is 2.23. The molecular weight excluding hydrogens is 282 g/mol. The Morgan fingerprint density at radius 2 is 2.16 bits per heavy atom. The lowest BCUT2D eigenvalue weighted by Gasteiger charge is -2.25. The molecule has 1 fully saturated rings. The Morgan fingerprint density at radius 1 is 1.42 bits per heavy atom. The van der Waals surface area contributed by atoms with Gasteiger partial charge in [-0.1, -0.05) is 11.6 Å². The van der Waals surface area contributed by atoms with Crippen molar-refractivity contribution < 1.29 is 4.79 Å². The van der Waals surface area contributed by atoms with E-state index in [1.165, 1.54) is 0 Å². The Labute approximate surface area is 122 Å². The fourth-order valence-corrected chi connectivity index (χ4v) is 3.08. The van der Waals surface area contributed by atoms with Crippen molar-refractivity contribution >= 4 is 40.6 Å². The van der Waals surface area contributed by atoms with Crippen LogP contribution in [0.25, 0.3) is 0 Å². The number of benzene rings is 1. The highest BCUT2D eigenvalue weighted by atomic mass is 35.5. The molecule has 0 aliphatic carbocycles. The third kappa shape index (κ3) is 4.60. The van der Waals surface area contributed by atoms with Crippen LogP contribution in [0.15, 0.2) is 18.2 Å². The first-order valence-corrected chi connectivity index (χ1v) is 7.83. The summed E-state index contributed by atoms with van der Waals surface area (Å²) in [7, 11) is 0. The van der Waals surface area contributed by atoms with Crippen molar-refractivity contribution in [2.45, 2.75) is 6.42 Å². The second-order valence-corrected chi connectivity index (χ2v) is 6.14. The van der Waals surface area contributed by atoms with Gasteiger partial charge in [-0.2, -0.15) is 11.8 Å². The molecule has 2 rings (SSSR count). The van der Waals surface area contributed by atoms with Crippen molar-refractivity contribution in [1.82, 2.24) is 4.90 Å². The van der Waals surface area contributed by atoms with Crippen LogP contribution in [0.5, 0.6) is 0 Å². The van der Waals surface area contributed by atoms with E-state index in [-0.39, 0.29) is 5.91 Å². The largest absolute Gasteiger partial charge is 0.397 e. The van der Waals surface area contributed by atoms with Gasteiger partial charge in [0.1, 0.15) is 0 Å². The highest BCUT2D eigenvalue weighted by Gasteiger charge is 2.12. The van der Waals surface area contributed by atoms with Crippen LogP contribution in [-0.4, -0.2) is 41.9 Å². The van der Waals surface area contributed by atoms with E-state index in [9.17, 15) is 4.79 Å². The number of nitrogens with two attached hydrogens (primary N) is 1. The van der Waals surface area contributed by atoms with Gasteiger partial charge in [-0.05, 0) is 18.2 Å². The zero-order valence-electron chi connectivity index (χ0n) is 10.7. The van der Waals surface area contributed by atoms with Crippen LogP contribution in [0.4, 0.5) is 11.4 Å². The molecule has 1 amide bonds. The highest BCUT2D eigenvalue weighted by molar-refractivity contribution is 7.99. The first kappa shape index (κ1) is 14.5. The number of hydrogen-bond acceptors (Lipinski definition) is 4. The summed E-state index contributed by atoms with van der Waals surface area (Å²) >= 11 is 7.85. The molecule has 3 N–H and O–H groups in total. The van der Waals surface area contributed by atoms with E-state index in [4.69, 9.17) is 17.3 Å². The monoisotopic (exact) mass is 299 g/mol. The SMILES string of the molecule is Nc1ccc(Cl)cc1NC(=O)CCN1CCSCC1. The molecule has 0 aromatic heterocycles. The molecular formula is C13H18ClN3OS. The average Bonchev–Trinajstić information content (AvgIpc) is 2.42. The fourth-order valence-electron chi connectivity index (χ4n) is 1.93. The molecule has 1 saturated heterocycles. The number of hydrogen-bond donors (Lipinski definition) is 2. The third-order valence-electron chi connectivity index (χ3n) is 3.05. The van der Waals surface area contributed by atoms with Gasteiger partial charge in [-0.25, -0.2) is 0 Å². The summed E-state index contributed by atoms with van der Waals surface area (Å²) in [6, 6.07) is 5.07. The lowest BCUT2D eigenvalue weighted by molar-refractivity contribution is -0.116. The Bertz CT molecular complexity index is 450. The molecule has 0 saturated carbocycles. The lowest BCUT2D eigenvalue weighted by Crippen LogP contribution is -2.35. The number of carbonyl (C=O) groups is 1. The van der Waals surface area contributed by atoms with E-state index < -0.39 is 0 Å². The number of nitrogens with one attached hydrogen (secondary N) is 1. The van der Waals surface area contributed by atoms with Crippen LogP contribution < -0.4 is 11.1 Å². The standard InChI is InChI=1S/C13H18ClN3OS/c14-10-1-2-11(15)12(9-10)16-13(18)3-4-17-5-7-19-8-6-17/h1-2,9H,3-8,15H2,(H,16,18). The van der Waals surface area contributed by atoms with Crippen molar-refractivity contribution in [2.75, 3.05) is 42.2 Å². The number of thioether (sulfide) groups is 1. The number of rotatable bonds is 4. The maximum atomic E-state index is 11.9. The molecule has 0 unspecified atom stereocenters. The van der Waals surface area contributed by atoms with Crippen LogP contribution in [0.3, 0.4) is 0 Å². The van der Waals surface area contributed by atoms with Gasteiger partial charge >= 0.3 is 0 Å². The maximum Gasteiger partial charge on any atom is 0.225 e. The summed E-state index contributed by atoms with van der Waals surface area (Å²) in [6.07, 6.45) is 0.483. The number of nitrogens with zero attached hydrogens (tertiary/aromatic N) is 1. The minimum atomic E-state index is -0.0211. The molecule has 1 aliphatic heterocycles. The van der Waals surface area contributed by atoms with Crippen molar-refractivity contribution in [2.24, 2.45) is 0 Å². The first-order chi connectivity index (χ1) is 9.15. The smallest absolute Gasteiger partial charge is 0.225 e. The molecule has 1 aromatic carbocycles. The number of anilines is 2. The van der Waals surface area contributed by atoms with Gasteiger partial charge in [0, 0.05) is 42.6 Å². The third-order valence-corrected chi connectivity index (χ3v) is 4.23. The second kappa shape index (κ2) is 7.03. The van der Waals surface area contributed by atoms with Gasteiger partial charge < -0.3 is 16.0 Å². The van der Waals surface area contributed by atoms with Crippen molar-refractivity contribution in [3.8, 4) is 0 Å². The number of amides is 1. The van der Waals surface area contributed by atoms with Gasteiger partial charge in [0.15, 0.2) is 0 Å². The summed E-state index contributed by atoms with van der Waals surface area (Å²) in [4.78, 5) is 14.2. The second-order valence-electron chi connectivity index (χ2n) is 4.48. The van der Waals surface area contributed by atoms with E-state index >= 15 is 0 Å². The van der Waals surface area contributed by atoms with Gasteiger partial charge in [0.25, 0.3) is 0 Å². The Kier molecular flexibility index (Phi) is 5.36. The molecule has 0 bridgehead atoms. The quantitative estimate of drug-likeness (QED) is 0.838. The normalized spacial score (nSPS) is 16.3. The van der Waals surface area contributed by atoms with Gasteiger partial charge in [-0.15, -0.1) is 0 Å². The van der Waals surface area contributed by atoms with E-state index in [2.05, 4.69) is 10.2 Å². The van der Waals surface area contributed by atoms with E-state index in [1.807, 2.05) is 11.8 Å². The summed E-state index contributed by atoms with van der Waals surface area (Å²) in [5, 5.41) is 3.38. The van der Waals surface area contributed by atoms with Crippen molar-refractivity contribution in [3.63, 3.8) is 0 Å². The predicted octanol–water partition coefficient (Wildman–Crippen LogP) is 2.30. The molecule has 6 heteroatoms. The van der Waals surface area contributed by atoms with Crippen LogP contribution in [0.1, 0.15) is 6.42 Å². The number of halogens is 1. The minimum absolute atomic E-state index is 0.0211. The van der Waals surface area contributed by atoms with Gasteiger partial charge in [-0.3, -0.25) is 4.79 Å². The topological polar surface area (TPSA) is 58.4 Å². The van der Waals surface area contributed by atoms with Crippen LogP contribution >= 0.6 is 23.4 Å². The van der Waals surface area contributed by atoms with E-state index in [0.717, 1.165) is 31.1 Å². The van der Waals surface area contributed by atoms with Gasteiger partial charge in [0.2, 0.25) is 5.91 Å². The molecule has 4 nitrogen and oxygen atoms in total. The van der Waals surface area contributed by atoms with E-state index in [1.54, 1.807) is 18.2 Å². The predicted molar refractivity (Wildman–Crippen MR) is 82.9 cm³/mol.